The third-order valence-electron chi connectivity index (χ3n) is 5.12. The molecular weight excluding hydrogens is 334 g/mol. The normalized spacial score (nSPS) is 20.0. The van der Waals surface area contributed by atoms with Crippen molar-refractivity contribution in [2.45, 2.75) is 45.6 Å². The second kappa shape index (κ2) is 7.81. The number of hydrogen-bond acceptors (Lipinski definition) is 5. The minimum Gasteiger partial charge on any atom is -0.497 e. The van der Waals surface area contributed by atoms with Gasteiger partial charge in [0.1, 0.15) is 11.3 Å². The molecule has 1 aromatic carbocycles. The summed E-state index contributed by atoms with van der Waals surface area (Å²) in [7, 11) is 1.58. The molecule has 1 heterocycles. The number of aryl methyl sites for hydroxylation is 1. The van der Waals surface area contributed by atoms with E-state index in [-0.39, 0.29) is 24.3 Å². The monoisotopic (exact) mass is 359 g/mol. The van der Waals surface area contributed by atoms with Gasteiger partial charge in [0, 0.05) is 17.0 Å². The van der Waals surface area contributed by atoms with Crippen LogP contribution >= 0.6 is 0 Å². The van der Waals surface area contributed by atoms with E-state index >= 15 is 0 Å². The number of amides is 1. The molecule has 0 aliphatic heterocycles. The van der Waals surface area contributed by atoms with Crippen molar-refractivity contribution in [3.63, 3.8) is 0 Å². The van der Waals surface area contributed by atoms with E-state index in [1.165, 1.54) is 6.42 Å². The van der Waals surface area contributed by atoms with Crippen LogP contribution in [0, 0.1) is 12.8 Å². The van der Waals surface area contributed by atoms with Gasteiger partial charge in [0.15, 0.2) is 6.61 Å². The second-order valence-corrected chi connectivity index (χ2v) is 6.93. The van der Waals surface area contributed by atoms with E-state index in [9.17, 15) is 9.59 Å². The van der Waals surface area contributed by atoms with Crippen molar-refractivity contribution in [2.24, 2.45) is 5.92 Å². The van der Waals surface area contributed by atoms with Crippen molar-refractivity contribution in [1.82, 2.24) is 5.32 Å². The first-order chi connectivity index (χ1) is 12.5. The Kier molecular flexibility index (Phi) is 5.49. The summed E-state index contributed by atoms with van der Waals surface area (Å²) < 4.78 is 16.0. The van der Waals surface area contributed by atoms with Crippen LogP contribution in [0.1, 0.15) is 48.7 Å². The summed E-state index contributed by atoms with van der Waals surface area (Å²) in [6.07, 6.45) is 4.42. The Morgan fingerprint density at radius 1 is 1.27 bits per heavy atom. The van der Waals surface area contributed by atoms with Crippen LogP contribution in [0.3, 0.4) is 0 Å². The fraction of sp³-hybridized carbons (Fsp3) is 0.500. The molecule has 1 aliphatic rings. The van der Waals surface area contributed by atoms with E-state index in [1.807, 2.05) is 6.07 Å². The molecule has 0 unspecified atom stereocenters. The van der Waals surface area contributed by atoms with Crippen LogP contribution < -0.4 is 10.1 Å². The molecule has 2 atom stereocenters. The number of rotatable bonds is 5. The zero-order valence-corrected chi connectivity index (χ0v) is 15.5. The minimum atomic E-state index is -0.635. The van der Waals surface area contributed by atoms with Gasteiger partial charge in [0.2, 0.25) is 5.76 Å². The Balaban J connectivity index is 1.62. The van der Waals surface area contributed by atoms with Crippen molar-refractivity contribution in [2.75, 3.05) is 13.7 Å². The van der Waals surface area contributed by atoms with Gasteiger partial charge in [-0.2, -0.15) is 0 Å². The third kappa shape index (κ3) is 3.84. The fourth-order valence-corrected chi connectivity index (χ4v) is 3.50. The Bertz CT molecular complexity index is 810. The summed E-state index contributed by atoms with van der Waals surface area (Å²) in [4.78, 5) is 24.4. The summed E-state index contributed by atoms with van der Waals surface area (Å²) in [5.74, 6) is 0.349. The first-order valence-corrected chi connectivity index (χ1v) is 9.03. The number of methoxy groups -OCH3 is 1. The number of fused-ring (bicyclic) bond motifs is 1. The molecule has 1 aromatic heterocycles. The molecule has 1 amide bonds. The maximum atomic E-state index is 12.3. The molecule has 1 fully saturated rings. The predicted molar refractivity (Wildman–Crippen MR) is 97.3 cm³/mol. The van der Waals surface area contributed by atoms with E-state index in [0.29, 0.717) is 22.8 Å². The molecule has 6 heteroatoms. The zero-order chi connectivity index (χ0) is 18.7. The Morgan fingerprint density at radius 3 is 2.77 bits per heavy atom. The van der Waals surface area contributed by atoms with Crippen LogP contribution in [0.25, 0.3) is 11.0 Å². The highest BCUT2D eigenvalue weighted by Crippen LogP contribution is 2.29. The molecule has 1 saturated carbocycles. The van der Waals surface area contributed by atoms with Gasteiger partial charge in [-0.1, -0.05) is 19.8 Å². The summed E-state index contributed by atoms with van der Waals surface area (Å²) >= 11 is 0. The van der Waals surface area contributed by atoms with E-state index in [0.717, 1.165) is 24.6 Å². The van der Waals surface area contributed by atoms with E-state index in [2.05, 4.69) is 12.2 Å². The number of hydrogen-bond donors (Lipinski definition) is 1. The van der Waals surface area contributed by atoms with Crippen LogP contribution in [0.15, 0.2) is 22.6 Å². The standard InChI is InChI=1S/C20H25NO5/c1-12-6-4-5-7-16(12)21-18(22)11-25-20(23)19-13(2)15-10-14(24-3)8-9-17(15)26-19/h8-10,12,16H,4-7,11H2,1-3H3,(H,21,22)/t12-,16-/m0/s1. The smallest absolute Gasteiger partial charge is 0.375 e. The van der Waals surface area contributed by atoms with Crippen molar-refractivity contribution in [3.8, 4) is 5.75 Å². The van der Waals surface area contributed by atoms with Gasteiger partial charge in [-0.05, 0) is 43.9 Å². The molecule has 0 bridgehead atoms. The Morgan fingerprint density at radius 2 is 2.04 bits per heavy atom. The molecule has 140 valence electrons. The van der Waals surface area contributed by atoms with Gasteiger partial charge in [0.25, 0.3) is 5.91 Å². The van der Waals surface area contributed by atoms with Gasteiger partial charge in [-0.15, -0.1) is 0 Å². The number of benzene rings is 1. The lowest BCUT2D eigenvalue weighted by Gasteiger charge is -2.29. The molecule has 0 saturated heterocycles. The van der Waals surface area contributed by atoms with E-state index in [4.69, 9.17) is 13.9 Å². The molecule has 0 spiro atoms. The first-order valence-electron chi connectivity index (χ1n) is 9.03. The average Bonchev–Trinajstić information content (AvgIpc) is 2.98. The summed E-state index contributed by atoms with van der Waals surface area (Å²) in [5, 5.41) is 3.76. The topological polar surface area (TPSA) is 77.8 Å². The van der Waals surface area contributed by atoms with Crippen LogP contribution in [0.5, 0.6) is 5.75 Å². The van der Waals surface area contributed by atoms with Crippen LogP contribution in [-0.2, 0) is 9.53 Å². The predicted octanol–water partition coefficient (Wildman–Crippen LogP) is 3.60. The van der Waals surface area contributed by atoms with Gasteiger partial charge in [0.05, 0.1) is 7.11 Å². The molecule has 3 rings (SSSR count). The number of carbonyl (C=O) groups is 2. The molecule has 1 N–H and O–H groups in total. The fourth-order valence-electron chi connectivity index (χ4n) is 3.50. The molecule has 26 heavy (non-hydrogen) atoms. The third-order valence-corrected chi connectivity index (χ3v) is 5.12. The molecule has 1 aliphatic carbocycles. The minimum absolute atomic E-state index is 0.118. The van der Waals surface area contributed by atoms with E-state index < -0.39 is 5.97 Å². The lowest BCUT2D eigenvalue weighted by molar-refractivity contribution is -0.125. The van der Waals surface area contributed by atoms with Crippen LogP contribution in [-0.4, -0.2) is 31.6 Å². The summed E-state index contributed by atoms with van der Waals surface area (Å²) in [6, 6.07) is 5.48. The second-order valence-electron chi connectivity index (χ2n) is 6.93. The maximum absolute atomic E-state index is 12.3. The van der Waals surface area contributed by atoms with Gasteiger partial charge >= 0.3 is 5.97 Å². The van der Waals surface area contributed by atoms with Crippen molar-refractivity contribution in [1.29, 1.82) is 0 Å². The lowest BCUT2D eigenvalue weighted by Crippen LogP contribution is -2.42. The number of furan rings is 1. The molecule has 0 radical (unpaired) electrons. The van der Waals surface area contributed by atoms with Crippen molar-refractivity contribution < 1.29 is 23.5 Å². The van der Waals surface area contributed by atoms with Gasteiger partial charge < -0.3 is 19.2 Å². The number of ether oxygens (including phenoxy) is 2. The van der Waals surface area contributed by atoms with Crippen molar-refractivity contribution >= 4 is 22.8 Å². The number of nitrogens with one attached hydrogen (secondary N) is 1. The Labute approximate surface area is 152 Å². The van der Waals surface area contributed by atoms with Gasteiger partial charge in [-0.25, -0.2) is 4.79 Å². The average molecular weight is 359 g/mol. The lowest BCUT2D eigenvalue weighted by atomic mass is 9.86. The SMILES string of the molecule is COc1ccc2oc(C(=O)OCC(=O)N[C@H]3CCCC[C@@H]3C)c(C)c2c1. The summed E-state index contributed by atoms with van der Waals surface area (Å²) in [6.45, 7) is 3.62. The van der Waals surface area contributed by atoms with Gasteiger partial charge in [-0.3, -0.25) is 4.79 Å². The highest BCUT2D eigenvalue weighted by molar-refractivity contribution is 5.97. The van der Waals surface area contributed by atoms with Crippen LogP contribution in [0.2, 0.25) is 0 Å². The molecular formula is C20H25NO5. The summed E-state index contributed by atoms with van der Waals surface area (Å²) in [5.41, 5.74) is 1.25. The number of esters is 1. The quantitative estimate of drug-likeness (QED) is 0.825. The van der Waals surface area contributed by atoms with Crippen LogP contribution in [0.4, 0.5) is 0 Å². The molecule has 6 nitrogen and oxygen atoms in total. The largest absolute Gasteiger partial charge is 0.497 e. The number of carbonyl (C=O) groups excluding carboxylic acids is 2. The van der Waals surface area contributed by atoms with Crippen molar-refractivity contribution in [3.05, 3.63) is 29.5 Å². The Hall–Kier alpha value is -2.50. The highest BCUT2D eigenvalue weighted by atomic mass is 16.5. The molecule has 2 aromatic rings. The maximum Gasteiger partial charge on any atom is 0.375 e. The highest BCUT2D eigenvalue weighted by Gasteiger charge is 2.24. The zero-order valence-electron chi connectivity index (χ0n) is 15.5. The first kappa shape index (κ1) is 18.3. The van der Waals surface area contributed by atoms with E-state index in [1.54, 1.807) is 26.2 Å².